The first kappa shape index (κ1) is 18.1. The van der Waals surface area contributed by atoms with E-state index in [1.165, 1.54) is 30.3 Å². The lowest BCUT2D eigenvalue weighted by molar-refractivity contribution is -0.115. The fourth-order valence-electron chi connectivity index (χ4n) is 4.77. The van der Waals surface area contributed by atoms with E-state index in [1.807, 2.05) is 0 Å². The van der Waals surface area contributed by atoms with Gasteiger partial charge in [-0.25, -0.2) is 8.78 Å². The standard InChI is InChI=1S/C22H23F2NO2/c23-17-9-7-15(8-10-17)20-19-6-1-2-11-22(19,27)12-13-25(20)21(26)16-4-3-5-18(24)14-16/h3-5,7-10,14,19-20,27H,1-2,6,11-13H2/t19-,20+,22+/m1/s1. The van der Waals surface area contributed by atoms with Crippen LogP contribution in [0.4, 0.5) is 8.78 Å². The van der Waals surface area contributed by atoms with Crippen LogP contribution in [0.5, 0.6) is 0 Å². The molecular weight excluding hydrogens is 348 g/mol. The van der Waals surface area contributed by atoms with Crippen molar-refractivity contribution in [3.05, 3.63) is 71.3 Å². The number of nitrogens with zero attached hydrogens (tertiary/aromatic N) is 1. The Morgan fingerprint density at radius 1 is 1.04 bits per heavy atom. The Morgan fingerprint density at radius 3 is 2.56 bits per heavy atom. The van der Waals surface area contributed by atoms with Gasteiger partial charge in [-0.1, -0.05) is 31.0 Å². The SMILES string of the molecule is O=C(c1cccc(F)c1)N1CC[C@@]2(O)CCCC[C@@H]2[C@@H]1c1ccc(F)cc1. The van der Waals surface area contributed by atoms with Crippen LogP contribution in [0, 0.1) is 17.6 Å². The summed E-state index contributed by atoms with van der Waals surface area (Å²) in [4.78, 5) is 14.9. The third kappa shape index (κ3) is 3.36. The molecule has 2 fully saturated rings. The van der Waals surface area contributed by atoms with Gasteiger partial charge in [0, 0.05) is 18.0 Å². The predicted molar refractivity (Wildman–Crippen MR) is 98.1 cm³/mol. The fourth-order valence-corrected chi connectivity index (χ4v) is 4.77. The molecule has 1 saturated carbocycles. The molecule has 5 heteroatoms. The van der Waals surface area contributed by atoms with Crippen LogP contribution in [-0.4, -0.2) is 28.1 Å². The van der Waals surface area contributed by atoms with E-state index in [0.29, 0.717) is 18.5 Å². The van der Waals surface area contributed by atoms with Crippen molar-refractivity contribution < 1.29 is 18.7 Å². The lowest BCUT2D eigenvalue weighted by Crippen LogP contribution is -2.56. The summed E-state index contributed by atoms with van der Waals surface area (Å²) in [6, 6.07) is 11.5. The van der Waals surface area contributed by atoms with E-state index in [1.54, 1.807) is 23.1 Å². The lowest BCUT2D eigenvalue weighted by Gasteiger charge is -2.52. The summed E-state index contributed by atoms with van der Waals surface area (Å²) < 4.78 is 27.1. The second-order valence-electron chi connectivity index (χ2n) is 7.71. The highest BCUT2D eigenvalue weighted by molar-refractivity contribution is 5.94. The minimum Gasteiger partial charge on any atom is -0.389 e. The van der Waals surface area contributed by atoms with Crippen LogP contribution < -0.4 is 0 Å². The zero-order valence-electron chi connectivity index (χ0n) is 15.1. The maximum atomic E-state index is 13.6. The Hall–Kier alpha value is -2.27. The minimum absolute atomic E-state index is 0.108. The van der Waals surface area contributed by atoms with Crippen molar-refractivity contribution in [2.75, 3.05) is 6.54 Å². The molecule has 0 unspecified atom stereocenters. The quantitative estimate of drug-likeness (QED) is 0.846. The Balaban J connectivity index is 1.75. The van der Waals surface area contributed by atoms with Crippen molar-refractivity contribution in [3.8, 4) is 0 Å². The number of amides is 1. The number of hydrogen-bond donors (Lipinski definition) is 1. The van der Waals surface area contributed by atoms with E-state index in [-0.39, 0.29) is 23.7 Å². The number of rotatable bonds is 2. The fraction of sp³-hybridized carbons (Fsp3) is 0.409. The number of hydrogen-bond acceptors (Lipinski definition) is 2. The lowest BCUT2D eigenvalue weighted by atomic mass is 9.66. The van der Waals surface area contributed by atoms with E-state index >= 15 is 0 Å². The molecule has 0 spiro atoms. The van der Waals surface area contributed by atoms with E-state index < -0.39 is 11.4 Å². The van der Waals surface area contributed by atoms with Gasteiger partial charge in [-0.15, -0.1) is 0 Å². The summed E-state index contributed by atoms with van der Waals surface area (Å²) >= 11 is 0. The molecule has 2 aromatic carbocycles. The Labute approximate surface area is 157 Å². The molecule has 0 aromatic heterocycles. The van der Waals surface area contributed by atoms with Gasteiger partial charge in [0.25, 0.3) is 5.91 Å². The molecule has 2 aromatic rings. The van der Waals surface area contributed by atoms with Gasteiger partial charge in [0.15, 0.2) is 0 Å². The third-order valence-electron chi connectivity index (χ3n) is 6.11. The Kier molecular flexibility index (Phi) is 4.72. The average molecular weight is 371 g/mol. The van der Waals surface area contributed by atoms with E-state index in [4.69, 9.17) is 0 Å². The molecule has 1 heterocycles. The maximum Gasteiger partial charge on any atom is 0.254 e. The number of piperidine rings is 1. The van der Waals surface area contributed by atoms with Gasteiger partial charge in [-0.2, -0.15) is 0 Å². The Morgan fingerprint density at radius 2 is 1.81 bits per heavy atom. The molecule has 1 aliphatic carbocycles. The molecule has 2 aliphatic rings. The molecule has 1 amide bonds. The molecule has 1 saturated heterocycles. The molecule has 4 rings (SSSR count). The average Bonchev–Trinajstić information content (AvgIpc) is 2.67. The van der Waals surface area contributed by atoms with E-state index in [9.17, 15) is 18.7 Å². The second kappa shape index (κ2) is 7.04. The Bertz CT molecular complexity index is 838. The molecular formula is C22H23F2NO2. The second-order valence-corrected chi connectivity index (χ2v) is 7.71. The number of carbonyl (C=O) groups excluding carboxylic acids is 1. The molecule has 3 nitrogen and oxygen atoms in total. The number of benzene rings is 2. The highest BCUT2D eigenvalue weighted by atomic mass is 19.1. The largest absolute Gasteiger partial charge is 0.389 e. The topological polar surface area (TPSA) is 40.5 Å². The van der Waals surface area contributed by atoms with Crippen LogP contribution in [0.15, 0.2) is 48.5 Å². The van der Waals surface area contributed by atoms with Crippen LogP contribution in [0.2, 0.25) is 0 Å². The summed E-state index contributed by atoms with van der Waals surface area (Å²) in [6.45, 7) is 0.393. The highest BCUT2D eigenvalue weighted by Crippen LogP contribution is 2.49. The smallest absolute Gasteiger partial charge is 0.254 e. The first-order chi connectivity index (χ1) is 13.0. The van der Waals surface area contributed by atoms with E-state index in [0.717, 1.165) is 31.2 Å². The summed E-state index contributed by atoms with van der Waals surface area (Å²) in [6.07, 6.45) is 4.01. The first-order valence-electron chi connectivity index (χ1n) is 9.52. The van der Waals surface area contributed by atoms with Gasteiger partial charge < -0.3 is 10.0 Å². The van der Waals surface area contributed by atoms with Crippen LogP contribution in [0.1, 0.15) is 54.1 Å². The maximum absolute atomic E-state index is 13.6. The van der Waals surface area contributed by atoms with Crippen molar-refractivity contribution in [3.63, 3.8) is 0 Å². The zero-order chi connectivity index (χ0) is 19.0. The highest BCUT2D eigenvalue weighted by Gasteiger charge is 2.50. The first-order valence-corrected chi connectivity index (χ1v) is 9.52. The van der Waals surface area contributed by atoms with Gasteiger partial charge in [0.2, 0.25) is 0 Å². The number of aliphatic hydroxyl groups is 1. The van der Waals surface area contributed by atoms with Gasteiger partial charge in [0.05, 0.1) is 11.6 Å². The van der Waals surface area contributed by atoms with Crippen LogP contribution >= 0.6 is 0 Å². The summed E-state index contributed by atoms with van der Waals surface area (Å²) in [5, 5.41) is 11.2. The number of fused-ring (bicyclic) bond motifs is 1. The van der Waals surface area contributed by atoms with Crippen molar-refractivity contribution in [1.82, 2.24) is 4.90 Å². The molecule has 142 valence electrons. The molecule has 1 N–H and O–H groups in total. The van der Waals surface area contributed by atoms with Crippen molar-refractivity contribution in [1.29, 1.82) is 0 Å². The van der Waals surface area contributed by atoms with Crippen molar-refractivity contribution in [2.45, 2.75) is 43.7 Å². The summed E-state index contributed by atoms with van der Waals surface area (Å²) in [5.74, 6) is -1.15. The van der Waals surface area contributed by atoms with Gasteiger partial charge >= 0.3 is 0 Å². The van der Waals surface area contributed by atoms with E-state index in [2.05, 4.69) is 0 Å². The van der Waals surface area contributed by atoms with Gasteiger partial charge in [-0.05, 0) is 55.2 Å². The zero-order valence-corrected chi connectivity index (χ0v) is 15.1. The molecule has 1 aliphatic heterocycles. The normalized spacial score (nSPS) is 27.9. The number of halogens is 2. The predicted octanol–water partition coefficient (Wildman–Crippen LogP) is 4.47. The number of likely N-dealkylation sites (tertiary alicyclic amines) is 1. The van der Waals surface area contributed by atoms with Crippen LogP contribution in [-0.2, 0) is 0 Å². The molecule has 0 bridgehead atoms. The molecule has 0 radical (unpaired) electrons. The summed E-state index contributed by atoms with van der Waals surface area (Å²) in [5.41, 5.74) is 0.297. The van der Waals surface area contributed by atoms with Crippen molar-refractivity contribution in [2.24, 2.45) is 5.92 Å². The van der Waals surface area contributed by atoms with Gasteiger partial charge in [-0.3, -0.25) is 4.79 Å². The number of carbonyl (C=O) groups is 1. The minimum atomic E-state index is -0.810. The van der Waals surface area contributed by atoms with Gasteiger partial charge in [0.1, 0.15) is 11.6 Å². The third-order valence-corrected chi connectivity index (χ3v) is 6.11. The molecule has 27 heavy (non-hydrogen) atoms. The van der Waals surface area contributed by atoms with Crippen LogP contribution in [0.3, 0.4) is 0 Å². The van der Waals surface area contributed by atoms with Crippen LogP contribution in [0.25, 0.3) is 0 Å². The summed E-state index contributed by atoms with van der Waals surface area (Å²) in [7, 11) is 0. The monoisotopic (exact) mass is 371 g/mol. The van der Waals surface area contributed by atoms with Crippen molar-refractivity contribution >= 4 is 5.91 Å². The molecule has 3 atom stereocenters.